The Balaban J connectivity index is 1.91. The van der Waals surface area contributed by atoms with E-state index in [0.717, 1.165) is 25.1 Å². The summed E-state index contributed by atoms with van der Waals surface area (Å²) in [6, 6.07) is 5.58. The normalized spacial score (nSPS) is 15.2. The maximum atomic E-state index is 11.9. The minimum absolute atomic E-state index is 0.00638. The van der Waals surface area contributed by atoms with Crippen LogP contribution in [0, 0.1) is 0 Å². The summed E-state index contributed by atoms with van der Waals surface area (Å²) in [6.07, 6.45) is -0.488. The average molecular weight is 278 g/mol. The molecule has 1 aromatic rings. The van der Waals surface area contributed by atoms with Gasteiger partial charge in [-0.2, -0.15) is 0 Å². The number of aliphatic carboxylic acids is 1. The van der Waals surface area contributed by atoms with E-state index in [4.69, 9.17) is 10.2 Å². The number of carbonyl (C=O) groups is 2. The highest BCUT2D eigenvalue weighted by Gasteiger charge is 2.15. The monoisotopic (exact) mass is 278 g/mol. The molecule has 0 bridgehead atoms. The lowest BCUT2D eigenvalue weighted by atomic mass is 9.98. The van der Waals surface area contributed by atoms with Crippen LogP contribution in [0.2, 0.25) is 0 Å². The van der Waals surface area contributed by atoms with Crippen molar-refractivity contribution in [2.24, 2.45) is 0 Å². The van der Waals surface area contributed by atoms with E-state index in [0.29, 0.717) is 5.56 Å². The molecule has 6 heteroatoms. The molecule has 6 nitrogen and oxygen atoms in total. The van der Waals surface area contributed by atoms with Crippen LogP contribution in [0.5, 0.6) is 0 Å². The maximum Gasteiger partial charge on any atom is 0.332 e. The first-order valence-electron chi connectivity index (χ1n) is 6.59. The lowest BCUT2D eigenvalue weighted by Gasteiger charge is -2.17. The number of fused-ring (bicyclic) bond motifs is 1. The van der Waals surface area contributed by atoms with E-state index in [1.807, 2.05) is 12.1 Å². The van der Waals surface area contributed by atoms with Gasteiger partial charge in [0, 0.05) is 25.1 Å². The van der Waals surface area contributed by atoms with Crippen LogP contribution >= 0.6 is 0 Å². The van der Waals surface area contributed by atoms with Crippen LogP contribution < -0.4 is 10.6 Å². The van der Waals surface area contributed by atoms with E-state index < -0.39 is 12.1 Å². The number of nitrogens with one attached hydrogen (secondary N) is 2. The Bertz CT molecular complexity index is 516. The number of carboxylic acids is 1. The number of amides is 1. The summed E-state index contributed by atoms with van der Waals surface area (Å²) in [6.45, 7) is 1.83. The summed E-state index contributed by atoms with van der Waals surface area (Å²) in [5, 5.41) is 23.5. The van der Waals surface area contributed by atoms with Gasteiger partial charge in [0.05, 0.1) is 0 Å². The van der Waals surface area contributed by atoms with Crippen molar-refractivity contribution < 1.29 is 19.8 Å². The number of carboxylic acid groups (broad SMARTS) is 1. The third kappa shape index (κ3) is 3.55. The minimum Gasteiger partial charge on any atom is -0.479 e. The van der Waals surface area contributed by atoms with Crippen LogP contribution in [0.15, 0.2) is 18.2 Å². The maximum absolute atomic E-state index is 11.9. The Kier molecular flexibility index (Phi) is 4.70. The lowest BCUT2D eigenvalue weighted by Crippen LogP contribution is -2.30. The fraction of sp³-hybridized carbons (Fsp3) is 0.429. The second kappa shape index (κ2) is 6.49. The molecule has 1 amide bonds. The lowest BCUT2D eigenvalue weighted by molar-refractivity contribution is -0.146. The molecule has 0 aromatic heterocycles. The van der Waals surface area contributed by atoms with E-state index in [9.17, 15) is 9.59 Å². The molecule has 0 fully saturated rings. The fourth-order valence-corrected chi connectivity index (χ4v) is 2.17. The average Bonchev–Trinajstić information content (AvgIpc) is 2.46. The topological polar surface area (TPSA) is 98.7 Å². The number of aliphatic hydroxyl groups is 1. The molecule has 20 heavy (non-hydrogen) atoms. The predicted octanol–water partition coefficient (Wildman–Crippen LogP) is -0.102. The summed E-state index contributed by atoms with van der Waals surface area (Å²) >= 11 is 0. The summed E-state index contributed by atoms with van der Waals surface area (Å²) < 4.78 is 0. The zero-order chi connectivity index (χ0) is 14.5. The number of aliphatic hydroxyl groups excluding tert-OH is 1. The molecule has 0 radical (unpaired) electrons. The third-order valence-corrected chi connectivity index (χ3v) is 3.34. The molecule has 4 N–H and O–H groups in total. The molecule has 1 heterocycles. The second-order valence-corrected chi connectivity index (χ2v) is 4.81. The molecule has 1 aromatic carbocycles. The summed E-state index contributed by atoms with van der Waals surface area (Å²) in [4.78, 5) is 22.4. The fourth-order valence-electron chi connectivity index (χ4n) is 2.17. The molecule has 1 aliphatic heterocycles. The molecule has 108 valence electrons. The van der Waals surface area contributed by atoms with Gasteiger partial charge in [-0.05, 0) is 36.2 Å². The first-order chi connectivity index (χ1) is 9.58. The molecule has 0 saturated heterocycles. The van der Waals surface area contributed by atoms with Crippen LogP contribution in [-0.4, -0.2) is 41.3 Å². The third-order valence-electron chi connectivity index (χ3n) is 3.34. The number of benzene rings is 1. The molecule has 1 atom stereocenters. The van der Waals surface area contributed by atoms with E-state index in [1.165, 1.54) is 5.56 Å². The van der Waals surface area contributed by atoms with Gasteiger partial charge in [0.2, 0.25) is 0 Å². The van der Waals surface area contributed by atoms with E-state index in [-0.39, 0.29) is 18.9 Å². The van der Waals surface area contributed by atoms with E-state index in [1.54, 1.807) is 6.07 Å². The van der Waals surface area contributed by atoms with Gasteiger partial charge in [0.25, 0.3) is 5.91 Å². The highest BCUT2D eigenvalue weighted by molar-refractivity contribution is 5.94. The number of rotatable bonds is 5. The predicted molar refractivity (Wildman–Crippen MR) is 72.4 cm³/mol. The molecular weight excluding hydrogens is 260 g/mol. The molecule has 1 aliphatic rings. The van der Waals surface area contributed by atoms with Crippen LogP contribution in [0.1, 0.15) is 27.9 Å². The van der Waals surface area contributed by atoms with Crippen LogP contribution in [-0.2, 0) is 17.8 Å². The first-order valence-corrected chi connectivity index (χ1v) is 6.59. The van der Waals surface area contributed by atoms with Crippen molar-refractivity contribution in [3.8, 4) is 0 Å². The Morgan fingerprint density at radius 2 is 2.15 bits per heavy atom. The van der Waals surface area contributed by atoms with Crippen molar-refractivity contribution >= 4 is 11.9 Å². The Morgan fingerprint density at radius 1 is 1.35 bits per heavy atom. The van der Waals surface area contributed by atoms with Crippen LogP contribution in [0.4, 0.5) is 0 Å². The van der Waals surface area contributed by atoms with Crippen molar-refractivity contribution in [3.05, 3.63) is 34.9 Å². The van der Waals surface area contributed by atoms with Crippen molar-refractivity contribution in [3.63, 3.8) is 0 Å². The Morgan fingerprint density at radius 3 is 2.90 bits per heavy atom. The standard InChI is InChI=1S/C14H18N2O4/c17-12(14(19)20)4-6-16-13(18)10-2-1-9-3-5-15-8-11(9)7-10/h1-2,7,12,15,17H,3-6,8H2,(H,16,18)(H,19,20)/t12-/m0/s1. The van der Waals surface area contributed by atoms with Gasteiger partial charge >= 0.3 is 5.97 Å². The summed E-state index contributed by atoms with van der Waals surface area (Å²) in [7, 11) is 0. The van der Waals surface area contributed by atoms with Crippen molar-refractivity contribution in [1.29, 1.82) is 0 Å². The summed E-state index contributed by atoms with van der Waals surface area (Å²) in [5.41, 5.74) is 2.92. The molecule has 2 rings (SSSR count). The first kappa shape index (κ1) is 14.5. The number of hydrogen-bond acceptors (Lipinski definition) is 4. The number of hydrogen-bond donors (Lipinski definition) is 4. The molecule has 0 unspecified atom stereocenters. The highest BCUT2D eigenvalue weighted by atomic mass is 16.4. The zero-order valence-electron chi connectivity index (χ0n) is 11.1. The van der Waals surface area contributed by atoms with Crippen molar-refractivity contribution in [2.45, 2.75) is 25.5 Å². The smallest absolute Gasteiger partial charge is 0.332 e. The quantitative estimate of drug-likeness (QED) is 0.603. The van der Waals surface area contributed by atoms with Gasteiger partial charge in [-0.25, -0.2) is 4.79 Å². The van der Waals surface area contributed by atoms with Crippen molar-refractivity contribution in [1.82, 2.24) is 10.6 Å². The van der Waals surface area contributed by atoms with Gasteiger partial charge in [-0.15, -0.1) is 0 Å². The largest absolute Gasteiger partial charge is 0.479 e. The van der Waals surface area contributed by atoms with Crippen LogP contribution in [0.3, 0.4) is 0 Å². The molecular formula is C14H18N2O4. The van der Waals surface area contributed by atoms with E-state index >= 15 is 0 Å². The SMILES string of the molecule is O=C(NCC[C@H](O)C(=O)O)c1ccc2c(c1)CNCC2. The van der Waals surface area contributed by atoms with Gasteiger partial charge in [0.15, 0.2) is 6.10 Å². The van der Waals surface area contributed by atoms with Gasteiger partial charge in [0.1, 0.15) is 0 Å². The molecule has 0 spiro atoms. The van der Waals surface area contributed by atoms with Gasteiger partial charge in [-0.3, -0.25) is 4.79 Å². The number of carbonyl (C=O) groups excluding carboxylic acids is 1. The van der Waals surface area contributed by atoms with Gasteiger partial charge < -0.3 is 20.8 Å². The van der Waals surface area contributed by atoms with Crippen molar-refractivity contribution in [2.75, 3.05) is 13.1 Å². The zero-order valence-corrected chi connectivity index (χ0v) is 11.1. The summed E-state index contributed by atoms with van der Waals surface area (Å²) in [5.74, 6) is -1.53. The Labute approximate surface area is 116 Å². The minimum atomic E-state index is -1.44. The van der Waals surface area contributed by atoms with E-state index in [2.05, 4.69) is 10.6 Å². The molecule has 0 saturated carbocycles. The highest BCUT2D eigenvalue weighted by Crippen LogP contribution is 2.15. The molecule has 0 aliphatic carbocycles. The van der Waals surface area contributed by atoms with Crippen LogP contribution in [0.25, 0.3) is 0 Å². The second-order valence-electron chi connectivity index (χ2n) is 4.81. The Hall–Kier alpha value is -1.92. The van der Waals surface area contributed by atoms with Gasteiger partial charge in [-0.1, -0.05) is 6.07 Å².